The predicted molar refractivity (Wildman–Crippen MR) is 145 cm³/mol. The second-order valence-electron chi connectivity index (χ2n) is 9.57. The van der Waals surface area contributed by atoms with Crippen LogP contribution in [0.3, 0.4) is 0 Å². The lowest BCUT2D eigenvalue weighted by atomic mass is 9.97. The Bertz CT molecular complexity index is 1400. The molecule has 12 nitrogen and oxygen atoms in total. The minimum atomic E-state index is -0.885. The van der Waals surface area contributed by atoms with E-state index in [1.807, 2.05) is 12.1 Å². The molecule has 0 aliphatic carbocycles. The van der Waals surface area contributed by atoms with Gasteiger partial charge in [0.1, 0.15) is 0 Å². The van der Waals surface area contributed by atoms with Crippen LogP contribution in [0.1, 0.15) is 23.2 Å². The standard InChI is InChI=1S/C25H29N9O3.ClH/c26-23-28-24(29-25-27-21(30-34(23)25)20-8-4-14-37-20)33-9-3-5-17(16-33)15-31-10-12-32(13-11-31)19-7-2-1-6-18(19)22(35)36;/h1-2,4,6-8,14,17H,3,5,9-13,15-16H2,(H,35,36)(H2,26,27,28,29,30);1H. The van der Waals surface area contributed by atoms with Crippen LogP contribution in [0.5, 0.6) is 0 Å². The predicted octanol–water partition coefficient (Wildman–Crippen LogP) is 2.52. The molecule has 0 radical (unpaired) electrons. The summed E-state index contributed by atoms with van der Waals surface area (Å²) in [6.45, 7) is 6.10. The molecule has 0 saturated carbocycles. The van der Waals surface area contributed by atoms with Gasteiger partial charge in [0.15, 0.2) is 5.76 Å². The van der Waals surface area contributed by atoms with Crippen molar-refractivity contribution in [1.29, 1.82) is 0 Å². The molecule has 3 aromatic heterocycles. The highest BCUT2D eigenvalue weighted by Crippen LogP contribution is 2.26. The van der Waals surface area contributed by atoms with E-state index in [1.165, 1.54) is 4.52 Å². The number of carboxylic acid groups (broad SMARTS) is 1. The number of fused-ring (bicyclic) bond motifs is 1. The zero-order valence-corrected chi connectivity index (χ0v) is 21.6. The monoisotopic (exact) mass is 539 g/mol. The van der Waals surface area contributed by atoms with Crippen LogP contribution in [0.4, 0.5) is 17.6 Å². The van der Waals surface area contributed by atoms with Crippen molar-refractivity contribution in [3.05, 3.63) is 48.2 Å². The molecule has 1 atom stereocenters. The normalized spacial score (nSPS) is 18.5. The molecule has 2 saturated heterocycles. The van der Waals surface area contributed by atoms with Gasteiger partial charge >= 0.3 is 5.97 Å². The zero-order chi connectivity index (χ0) is 25.4. The van der Waals surface area contributed by atoms with Crippen molar-refractivity contribution in [2.45, 2.75) is 12.8 Å². The Morgan fingerprint density at radius 3 is 2.61 bits per heavy atom. The van der Waals surface area contributed by atoms with Crippen molar-refractivity contribution < 1.29 is 14.3 Å². The van der Waals surface area contributed by atoms with Gasteiger partial charge in [0, 0.05) is 45.8 Å². The Morgan fingerprint density at radius 2 is 1.84 bits per heavy atom. The van der Waals surface area contributed by atoms with Gasteiger partial charge in [-0.25, -0.2) is 4.79 Å². The minimum Gasteiger partial charge on any atom is -0.478 e. The van der Waals surface area contributed by atoms with Crippen molar-refractivity contribution in [2.24, 2.45) is 5.92 Å². The van der Waals surface area contributed by atoms with Crippen molar-refractivity contribution in [1.82, 2.24) is 29.5 Å². The number of nitrogen functional groups attached to an aromatic ring is 1. The number of rotatable bonds is 6. The summed E-state index contributed by atoms with van der Waals surface area (Å²) in [4.78, 5) is 32.1. The quantitative estimate of drug-likeness (QED) is 0.373. The third-order valence-corrected chi connectivity index (χ3v) is 7.13. The number of piperazine rings is 1. The lowest BCUT2D eigenvalue weighted by Gasteiger charge is -2.40. The molecule has 5 heterocycles. The number of aromatic carboxylic acids is 1. The molecule has 2 aliphatic heterocycles. The first kappa shape index (κ1) is 25.7. The fraction of sp³-hybridized carbons (Fsp3) is 0.400. The van der Waals surface area contributed by atoms with E-state index < -0.39 is 5.97 Å². The van der Waals surface area contributed by atoms with Gasteiger partial charge in [0.25, 0.3) is 5.78 Å². The van der Waals surface area contributed by atoms with Crippen molar-refractivity contribution in [2.75, 3.05) is 61.3 Å². The summed E-state index contributed by atoms with van der Waals surface area (Å²) in [5.41, 5.74) is 7.37. The van der Waals surface area contributed by atoms with Gasteiger partial charge in [-0.1, -0.05) is 12.1 Å². The zero-order valence-electron chi connectivity index (χ0n) is 20.8. The Labute approximate surface area is 225 Å². The van der Waals surface area contributed by atoms with Gasteiger partial charge in [0.05, 0.1) is 17.5 Å². The minimum absolute atomic E-state index is 0. The number of anilines is 3. The maximum atomic E-state index is 11.6. The van der Waals surface area contributed by atoms with Crippen molar-refractivity contribution in [3.63, 3.8) is 0 Å². The van der Waals surface area contributed by atoms with Crippen molar-refractivity contribution in [3.8, 4) is 11.6 Å². The van der Waals surface area contributed by atoms with Gasteiger partial charge in [0.2, 0.25) is 17.7 Å². The molecule has 4 aromatic rings. The van der Waals surface area contributed by atoms with Crippen molar-refractivity contribution >= 4 is 41.7 Å². The maximum absolute atomic E-state index is 11.6. The summed E-state index contributed by atoms with van der Waals surface area (Å²) in [5, 5.41) is 13.9. The summed E-state index contributed by atoms with van der Waals surface area (Å²) in [5.74, 6) is 1.77. The van der Waals surface area contributed by atoms with Crippen LogP contribution in [0.2, 0.25) is 0 Å². The van der Waals surface area contributed by atoms with Gasteiger partial charge in [-0.2, -0.15) is 19.5 Å². The van der Waals surface area contributed by atoms with E-state index in [0.29, 0.717) is 34.8 Å². The molecule has 200 valence electrons. The van der Waals surface area contributed by atoms with Crippen LogP contribution in [0.25, 0.3) is 17.4 Å². The van der Waals surface area contributed by atoms with Crippen LogP contribution < -0.4 is 15.5 Å². The maximum Gasteiger partial charge on any atom is 0.337 e. The van der Waals surface area contributed by atoms with Crippen LogP contribution in [-0.4, -0.2) is 86.4 Å². The Hall–Kier alpha value is -3.90. The molecule has 2 aliphatic rings. The van der Waals surface area contributed by atoms with E-state index in [4.69, 9.17) is 10.2 Å². The summed E-state index contributed by atoms with van der Waals surface area (Å²) >= 11 is 0. The van der Waals surface area contributed by atoms with Gasteiger partial charge in [-0.3, -0.25) is 4.90 Å². The number of piperidine rings is 1. The SMILES string of the molecule is Cl.Nc1nc(N2CCCC(CN3CCN(c4ccccc4C(=O)O)CC3)C2)nc2nc(-c3ccco3)nn12. The second-order valence-corrected chi connectivity index (χ2v) is 9.57. The second kappa shape index (κ2) is 10.8. The molecule has 1 unspecified atom stereocenters. The molecule has 6 rings (SSSR count). The molecule has 13 heteroatoms. The first-order valence-corrected chi connectivity index (χ1v) is 12.5. The van der Waals surface area contributed by atoms with E-state index in [0.717, 1.165) is 64.3 Å². The molecule has 3 N–H and O–H groups in total. The highest BCUT2D eigenvalue weighted by Gasteiger charge is 2.27. The summed E-state index contributed by atoms with van der Waals surface area (Å²) in [6, 6.07) is 10.8. The van der Waals surface area contributed by atoms with E-state index in [1.54, 1.807) is 30.5 Å². The smallest absolute Gasteiger partial charge is 0.337 e. The molecule has 0 bridgehead atoms. The first-order valence-electron chi connectivity index (χ1n) is 12.5. The molecule has 2 fully saturated rings. The van der Waals surface area contributed by atoms with Gasteiger partial charge < -0.3 is 25.1 Å². The third-order valence-electron chi connectivity index (χ3n) is 7.13. The number of hydrogen-bond donors (Lipinski definition) is 2. The molecule has 0 amide bonds. The fourth-order valence-corrected chi connectivity index (χ4v) is 5.31. The number of para-hydroxylation sites is 1. The summed E-state index contributed by atoms with van der Waals surface area (Å²) < 4.78 is 6.83. The number of aromatic nitrogens is 5. The van der Waals surface area contributed by atoms with Crippen LogP contribution in [0, 0.1) is 5.92 Å². The van der Waals surface area contributed by atoms with Crippen LogP contribution in [-0.2, 0) is 0 Å². The number of hydrogen-bond acceptors (Lipinski definition) is 10. The summed E-state index contributed by atoms with van der Waals surface area (Å²) in [6.07, 6.45) is 3.77. The van der Waals surface area contributed by atoms with Crippen LogP contribution in [0.15, 0.2) is 47.1 Å². The topological polar surface area (TPSA) is 142 Å². The van der Waals surface area contributed by atoms with E-state index in [9.17, 15) is 9.90 Å². The van der Waals surface area contributed by atoms with E-state index in [-0.39, 0.29) is 18.4 Å². The number of benzene rings is 1. The lowest BCUT2D eigenvalue weighted by molar-refractivity contribution is 0.0697. The number of carboxylic acids is 1. The highest BCUT2D eigenvalue weighted by molar-refractivity contribution is 5.94. The molecular weight excluding hydrogens is 510 g/mol. The number of halogens is 1. The largest absolute Gasteiger partial charge is 0.478 e. The fourth-order valence-electron chi connectivity index (χ4n) is 5.31. The molecule has 0 spiro atoms. The molecule has 38 heavy (non-hydrogen) atoms. The van der Waals surface area contributed by atoms with E-state index in [2.05, 4.69) is 34.8 Å². The first-order chi connectivity index (χ1) is 18.0. The lowest BCUT2D eigenvalue weighted by Crippen LogP contribution is -2.50. The summed E-state index contributed by atoms with van der Waals surface area (Å²) in [7, 11) is 0. The van der Waals surface area contributed by atoms with Gasteiger partial charge in [-0.15, -0.1) is 17.5 Å². The number of nitrogens with zero attached hydrogens (tertiary/aromatic N) is 8. The number of carbonyl (C=O) groups is 1. The third kappa shape index (κ3) is 5.09. The number of furan rings is 1. The van der Waals surface area contributed by atoms with Crippen LogP contribution >= 0.6 is 12.4 Å². The van der Waals surface area contributed by atoms with E-state index >= 15 is 0 Å². The molecular formula is C25H30ClN9O3. The molecule has 1 aromatic carbocycles. The Kier molecular flexibility index (Phi) is 7.34. The highest BCUT2D eigenvalue weighted by atomic mass is 35.5. The Balaban J connectivity index is 0.00000294. The average molecular weight is 540 g/mol. The van der Waals surface area contributed by atoms with Gasteiger partial charge in [-0.05, 0) is 43.0 Å². The number of nitrogens with two attached hydrogens (primary N) is 1. The average Bonchev–Trinajstić information content (AvgIpc) is 3.60. The Morgan fingerprint density at radius 1 is 1.03 bits per heavy atom.